The van der Waals surface area contributed by atoms with Gasteiger partial charge in [-0.2, -0.15) is 0 Å². The van der Waals surface area contributed by atoms with E-state index in [1.165, 1.54) is 0 Å². The number of nitrogens with two attached hydrogens (primary N) is 1. The van der Waals surface area contributed by atoms with Crippen molar-refractivity contribution in [2.24, 2.45) is 10.9 Å². The lowest BCUT2D eigenvalue weighted by atomic mass is 10.3. The van der Waals surface area contributed by atoms with Crippen molar-refractivity contribution >= 4 is 5.84 Å². The number of oxime groups is 1. The van der Waals surface area contributed by atoms with Gasteiger partial charge in [0.05, 0.1) is 12.7 Å². The molecule has 12 heavy (non-hydrogen) atoms. The Kier molecular flexibility index (Phi) is 6.35. The summed E-state index contributed by atoms with van der Waals surface area (Å²) in [5.74, 6) is 0.140. The molecular formula is C6H15N3O3. The van der Waals surface area contributed by atoms with Gasteiger partial charge in [-0.15, -0.1) is 0 Å². The van der Waals surface area contributed by atoms with Crippen LogP contribution in [0.3, 0.4) is 0 Å². The third-order valence-corrected chi connectivity index (χ3v) is 1.28. The van der Waals surface area contributed by atoms with Crippen LogP contribution in [0.4, 0.5) is 0 Å². The molecule has 0 aliphatic rings. The van der Waals surface area contributed by atoms with Crippen molar-refractivity contribution in [1.29, 1.82) is 0 Å². The Labute approximate surface area is 70.7 Å². The van der Waals surface area contributed by atoms with E-state index in [-0.39, 0.29) is 12.4 Å². The first-order valence-electron chi connectivity index (χ1n) is 3.66. The molecule has 0 aliphatic carbocycles. The summed E-state index contributed by atoms with van der Waals surface area (Å²) in [5.41, 5.74) is 5.17. The highest BCUT2D eigenvalue weighted by molar-refractivity contribution is 5.79. The topological polar surface area (TPSA) is 111 Å². The minimum Gasteiger partial charge on any atom is -0.409 e. The van der Waals surface area contributed by atoms with Crippen LogP contribution in [0.5, 0.6) is 0 Å². The van der Waals surface area contributed by atoms with E-state index in [0.717, 1.165) is 0 Å². The predicted molar refractivity (Wildman–Crippen MR) is 44.0 cm³/mol. The van der Waals surface area contributed by atoms with Crippen LogP contribution in [0, 0.1) is 0 Å². The van der Waals surface area contributed by atoms with Crippen LogP contribution in [0.25, 0.3) is 0 Å². The molecule has 72 valence electrons. The van der Waals surface area contributed by atoms with Crippen LogP contribution in [-0.2, 0) is 0 Å². The highest BCUT2D eigenvalue weighted by Gasteiger charge is 2.00. The van der Waals surface area contributed by atoms with Crippen LogP contribution in [0.15, 0.2) is 5.16 Å². The van der Waals surface area contributed by atoms with Gasteiger partial charge in [0.2, 0.25) is 0 Å². The number of hydrogen-bond acceptors (Lipinski definition) is 5. The van der Waals surface area contributed by atoms with Gasteiger partial charge in [-0.1, -0.05) is 5.16 Å². The summed E-state index contributed by atoms with van der Waals surface area (Å²) in [4.78, 5) is 0. The average molecular weight is 177 g/mol. The fourth-order valence-electron chi connectivity index (χ4n) is 0.600. The zero-order valence-electron chi connectivity index (χ0n) is 6.77. The van der Waals surface area contributed by atoms with Crippen LogP contribution in [0.1, 0.15) is 6.42 Å². The van der Waals surface area contributed by atoms with Gasteiger partial charge in [0.1, 0.15) is 5.84 Å². The van der Waals surface area contributed by atoms with E-state index in [0.29, 0.717) is 19.5 Å². The first-order chi connectivity index (χ1) is 5.70. The van der Waals surface area contributed by atoms with E-state index in [1.54, 1.807) is 0 Å². The molecule has 0 radical (unpaired) electrons. The first-order valence-corrected chi connectivity index (χ1v) is 3.66. The second-order valence-electron chi connectivity index (χ2n) is 2.38. The smallest absolute Gasteiger partial charge is 0.140 e. The fraction of sp³-hybridized carbons (Fsp3) is 0.833. The molecule has 6 nitrogen and oxygen atoms in total. The molecule has 0 saturated heterocycles. The van der Waals surface area contributed by atoms with Crippen LogP contribution in [0.2, 0.25) is 0 Å². The Hall–Kier alpha value is -0.850. The lowest BCUT2D eigenvalue weighted by Crippen LogP contribution is -2.31. The third kappa shape index (κ3) is 5.90. The monoisotopic (exact) mass is 177 g/mol. The normalized spacial score (nSPS) is 14.7. The zero-order chi connectivity index (χ0) is 9.40. The lowest BCUT2D eigenvalue weighted by molar-refractivity contribution is 0.0948. The summed E-state index contributed by atoms with van der Waals surface area (Å²) in [6.45, 7) is 0.540. The molecular weight excluding hydrogens is 162 g/mol. The Morgan fingerprint density at radius 2 is 2.25 bits per heavy atom. The second kappa shape index (κ2) is 6.84. The summed E-state index contributed by atoms with van der Waals surface area (Å²) in [6.07, 6.45) is -0.341. The summed E-state index contributed by atoms with van der Waals surface area (Å²) in [6, 6.07) is 0. The molecule has 0 aromatic heterocycles. The molecule has 6 N–H and O–H groups in total. The van der Waals surface area contributed by atoms with Crippen molar-refractivity contribution < 1.29 is 15.4 Å². The van der Waals surface area contributed by atoms with Crippen LogP contribution >= 0.6 is 0 Å². The minimum absolute atomic E-state index is 0.140. The van der Waals surface area contributed by atoms with Gasteiger partial charge in [-0.3, -0.25) is 0 Å². The van der Waals surface area contributed by atoms with Gasteiger partial charge in [0.25, 0.3) is 0 Å². The van der Waals surface area contributed by atoms with Crippen molar-refractivity contribution in [3.63, 3.8) is 0 Å². The number of amidine groups is 1. The quantitative estimate of drug-likeness (QED) is 0.107. The zero-order valence-corrected chi connectivity index (χ0v) is 6.77. The molecule has 0 fully saturated rings. The van der Waals surface area contributed by atoms with Crippen molar-refractivity contribution in [1.82, 2.24) is 5.32 Å². The SMILES string of the molecule is NC(CCNCC(O)CO)=NO. The van der Waals surface area contributed by atoms with Crippen molar-refractivity contribution in [2.45, 2.75) is 12.5 Å². The number of aliphatic hydroxyl groups excluding tert-OH is 2. The molecule has 0 aliphatic heterocycles. The van der Waals surface area contributed by atoms with E-state index in [1.807, 2.05) is 0 Å². The van der Waals surface area contributed by atoms with Crippen molar-refractivity contribution in [3.8, 4) is 0 Å². The molecule has 6 heteroatoms. The summed E-state index contributed by atoms with van der Waals surface area (Å²) < 4.78 is 0. The molecule has 0 aromatic carbocycles. The predicted octanol–water partition coefficient (Wildman–Crippen LogP) is -1.93. The Morgan fingerprint density at radius 3 is 2.75 bits per heavy atom. The summed E-state index contributed by atoms with van der Waals surface area (Å²) in [7, 11) is 0. The average Bonchev–Trinajstić information content (AvgIpc) is 2.11. The number of nitrogens with zero attached hydrogens (tertiary/aromatic N) is 1. The standard InChI is InChI=1S/C6H15N3O3/c7-6(9-12)1-2-8-3-5(11)4-10/h5,8,10-12H,1-4H2,(H2,7,9). The van der Waals surface area contributed by atoms with Crippen molar-refractivity contribution in [2.75, 3.05) is 19.7 Å². The number of aliphatic hydroxyl groups is 2. The van der Waals surface area contributed by atoms with Crippen molar-refractivity contribution in [3.05, 3.63) is 0 Å². The van der Waals surface area contributed by atoms with Gasteiger partial charge in [-0.25, -0.2) is 0 Å². The van der Waals surface area contributed by atoms with E-state index < -0.39 is 6.10 Å². The highest BCUT2D eigenvalue weighted by atomic mass is 16.4. The summed E-state index contributed by atoms with van der Waals surface area (Å²) in [5, 5.41) is 31.0. The minimum atomic E-state index is -0.753. The van der Waals surface area contributed by atoms with Crippen LogP contribution < -0.4 is 11.1 Å². The molecule has 0 saturated carbocycles. The third-order valence-electron chi connectivity index (χ3n) is 1.28. The molecule has 0 rings (SSSR count). The fourth-order valence-corrected chi connectivity index (χ4v) is 0.600. The van der Waals surface area contributed by atoms with E-state index in [9.17, 15) is 0 Å². The molecule has 0 aromatic rings. The second-order valence-corrected chi connectivity index (χ2v) is 2.38. The summed E-state index contributed by atoms with van der Waals surface area (Å²) >= 11 is 0. The maximum Gasteiger partial charge on any atom is 0.140 e. The molecule has 0 spiro atoms. The molecule has 0 heterocycles. The Morgan fingerprint density at radius 1 is 1.58 bits per heavy atom. The highest BCUT2D eigenvalue weighted by Crippen LogP contribution is 1.79. The molecule has 1 atom stereocenters. The Balaban J connectivity index is 3.21. The van der Waals surface area contributed by atoms with E-state index in [4.69, 9.17) is 21.2 Å². The van der Waals surface area contributed by atoms with Gasteiger partial charge in [0.15, 0.2) is 0 Å². The van der Waals surface area contributed by atoms with Gasteiger partial charge < -0.3 is 26.5 Å². The maximum absolute atomic E-state index is 8.86. The maximum atomic E-state index is 8.86. The number of rotatable bonds is 6. The lowest BCUT2D eigenvalue weighted by Gasteiger charge is -2.07. The number of nitrogens with one attached hydrogen (secondary N) is 1. The van der Waals surface area contributed by atoms with Crippen LogP contribution in [-0.4, -0.2) is 47.1 Å². The molecule has 0 amide bonds. The van der Waals surface area contributed by atoms with E-state index >= 15 is 0 Å². The van der Waals surface area contributed by atoms with E-state index in [2.05, 4.69) is 10.5 Å². The first kappa shape index (κ1) is 11.2. The van der Waals surface area contributed by atoms with Gasteiger partial charge >= 0.3 is 0 Å². The van der Waals surface area contributed by atoms with Gasteiger partial charge in [0, 0.05) is 19.5 Å². The van der Waals surface area contributed by atoms with Gasteiger partial charge in [-0.05, 0) is 0 Å². The largest absolute Gasteiger partial charge is 0.409 e. The Bertz CT molecular complexity index is 140. The molecule has 1 unspecified atom stereocenters. The molecule has 0 bridgehead atoms. The number of hydrogen-bond donors (Lipinski definition) is 5.